The molecule has 1 N–H and O–H groups in total. The van der Waals surface area contributed by atoms with Gasteiger partial charge in [0.25, 0.3) is 0 Å². The van der Waals surface area contributed by atoms with E-state index >= 15 is 0 Å². The van der Waals surface area contributed by atoms with Crippen LogP contribution in [0, 0.1) is 0 Å². The van der Waals surface area contributed by atoms with Crippen molar-refractivity contribution in [3.63, 3.8) is 0 Å². The first-order chi connectivity index (χ1) is 11.8. The summed E-state index contributed by atoms with van der Waals surface area (Å²) >= 11 is 1.64. The average Bonchev–Trinajstić information content (AvgIpc) is 3.17. The van der Waals surface area contributed by atoms with Crippen molar-refractivity contribution in [1.29, 1.82) is 0 Å². The van der Waals surface area contributed by atoms with Gasteiger partial charge in [-0.1, -0.05) is 36.4 Å². The van der Waals surface area contributed by atoms with Crippen molar-refractivity contribution >= 4 is 39.0 Å². The molecule has 0 spiro atoms. The van der Waals surface area contributed by atoms with Gasteiger partial charge in [-0.2, -0.15) is 0 Å². The van der Waals surface area contributed by atoms with E-state index in [0.29, 0.717) is 13.1 Å². The van der Waals surface area contributed by atoms with E-state index in [1.165, 1.54) is 0 Å². The van der Waals surface area contributed by atoms with E-state index in [2.05, 4.69) is 27.3 Å². The van der Waals surface area contributed by atoms with Crippen LogP contribution in [-0.4, -0.2) is 42.1 Å². The van der Waals surface area contributed by atoms with E-state index in [1.807, 2.05) is 46.8 Å². The molecule has 3 aromatic rings. The largest absolute Gasteiger partial charge is 0.345 e. The van der Waals surface area contributed by atoms with Gasteiger partial charge >= 0.3 is 6.03 Å². The Bertz CT molecular complexity index is 836. The fourth-order valence-electron chi connectivity index (χ4n) is 3.00. The Kier molecular flexibility index (Phi) is 4.04. The van der Waals surface area contributed by atoms with Crippen molar-refractivity contribution in [3.8, 4) is 0 Å². The monoisotopic (exact) mass is 338 g/mol. The number of rotatable bonds is 2. The number of nitrogens with one attached hydrogen (secondary N) is 1. The van der Waals surface area contributed by atoms with Crippen LogP contribution in [0.4, 0.5) is 15.6 Å². The topological polar surface area (TPSA) is 48.5 Å². The summed E-state index contributed by atoms with van der Waals surface area (Å²) in [6.07, 6.45) is 1.82. The Morgan fingerprint density at radius 1 is 1.04 bits per heavy atom. The zero-order valence-electron chi connectivity index (χ0n) is 13.2. The summed E-state index contributed by atoms with van der Waals surface area (Å²) in [5, 5.41) is 8.27. The highest BCUT2D eigenvalue weighted by Crippen LogP contribution is 2.24. The average molecular weight is 338 g/mol. The van der Waals surface area contributed by atoms with Crippen molar-refractivity contribution < 1.29 is 4.79 Å². The highest BCUT2D eigenvalue weighted by molar-refractivity contribution is 7.13. The second-order valence-corrected chi connectivity index (χ2v) is 6.62. The molecule has 0 radical (unpaired) electrons. The smallest absolute Gasteiger partial charge is 0.321 e. The molecule has 24 heavy (non-hydrogen) atoms. The van der Waals surface area contributed by atoms with Crippen molar-refractivity contribution in [2.24, 2.45) is 0 Å². The maximum absolute atomic E-state index is 12.6. The van der Waals surface area contributed by atoms with Gasteiger partial charge < -0.3 is 15.1 Å². The maximum atomic E-state index is 12.6. The molecule has 0 unspecified atom stereocenters. The van der Waals surface area contributed by atoms with Gasteiger partial charge in [0.1, 0.15) is 0 Å². The first-order valence-electron chi connectivity index (χ1n) is 7.99. The van der Waals surface area contributed by atoms with Gasteiger partial charge in [-0.05, 0) is 11.5 Å². The van der Waals surface area contributed by atoms with Crippen molar-refractivity contribution in [3.05, 3.63) is 54.0 Å². The van der Waals surface area contributed by atoms with Gasteiger partial charge in [-0.15, -0.1) is 11.3 Å². The third kappa shape index (κ3) is 2.92. The number of piperazine rings is 1. The number of thiazole rings is 1. The van der Waals surface area contributed by atoms with Gasteiger partial charge in [-0.25, -0.2) is 9.78 Å². The van der Waals surface area contributed by atoms with Gasteiger partial charge in [0.05, 0.1) is 5.69 Å². The normalized spacial score (nSPS) is 14.8. The van der Waals surface area contributed by atoms with Crippen LogP contribution in [0.1, 0.15) is 0 Å². The number of hydrogen-bond donors (Lipinski definition) is 1. The number of fused-ring (bicyclic) bond motifs is 1. The molecule has 2 aromatic carbocycles. The summed E-state index contributed by atoms with van der Waals surface area (Å²) in [6, 6.07) is 14.0. The molecule has 5 nitrogen and oxygen atoms in total. The lowest BCUT2D eigenvalue weighted by molar-refractivity contribution is 0.208. The number of carbonyl (C=O) groups excluding carboxylic acids is 1. The van der Waals surface area contributed by atoms with Crippen LogP contribution >= 0.6 is 11.3 Å². The third-order valence-corrected chi connectivity index (χ3v) is 5.12. The molecule has 6 heteroatoms. The second kappa shape index (κ2) is 6.49. The third-order valence-electron chi connectivity index (χ3n) is 4.29. The van der Waals surface area contributed by atoms with Crippen LogP contribution in [0.3, 0.4) is 0 Å². The van der Waals surface area contributed by atoms with E-state index in [1.54, 1.807) is 11.3 Å². The summed E-state index contributed by atoms with van der Waals surface area (Å²) in [5.74, 6) is 0. The molecule has 0 atom stereocenters. The molecular weight excluding hydrogens is 320 g/mol. The minimum Gasteiger partial charge on any atom is -0.345 e. The zero-order valence-corrected chi connectivity index (χ0v) is 14.0. The van der Waals surface area contributed by atoms with E-state index in [0.717, 1.165) is 34.7 Å². The van der Waals surface area contributed by atoms with Gasteiger partial charge in [-0.3, -0.25) is 0 Å². The fourth-order valence-corrected chi connectivity index (χ4v) is 3.70. The lowest BCUT2D eigenvalue weighted by Crippen LogP contribution is -2.50. The van der Waals surface area contributed by atoms with Gasteiger partial charge in [0.15, 0.2) is 5.13 Å². The Labute approximate surface area is 144 Å². The number of urea groups is 1. The van der Waals surface area contributed by atoms with Gasteiger partial charge in [0.2, 0.25) is 0 Å². The zero-order chi connectivity index (χ0) is 16.4. The van der Waals surface area contributed by atoms with E-state index in [9.17, 15) is 4.79 Å². The predicted octanol–water partition coefficient (Wildman–Crippen LogP) is 3.65. The van der Waals surface area contributed by atoms with Crippen molar-refractivity contribution in [1.82, 2.24) is 9.88 Å². The molecule has 1 aliphatic rings. The molecular formula is C18H18N4OS. The summed E-state index contributed by atoms with van der Waals surface area (Å²) in [4.78, 5) is 21.0. The maximum Gasteiger partial charge on any atom is 0.321 e. The number of anilines is 2. The van der Waals surface area contributed by atoms with Crippen LogP contribution in [0.15, 0.2) is 54.0 Å². The van der Waals surface area contributed by atoms with Crippen LogP contribution in [0.25, 0.3) is 10.8 Å². The Morgan fingerprint density at radius 2 is 1.83 bits per heavy atom. The number of aromatic nitrogens is 1. The predicted molar refractivity (Wildman–Crippen MR) is 98.9 cm³/mol. The minimum atomic E-state index is -0.0369. The standard InChI is InChI=1S/C18H18N4OS/c23-17(20-16-7-3-5-14-4-1-2-6-15(14)16)21-9-11-22(12-10-21)18-19-8-13-24-18/h1-8,13H,9-12H2,(H,20,23). The fraction of sp³-hybridized carbons (Fsp3) is 0.222. The number of hydrogen-bond acceptors (Lipinski definition) is 4. The molecule has 122 valence electrons. The lowest BCUT2D eigenvalue weighted by Gasteiger charge is -2.34. The molecule has 4 rings (SSSR count). The highest BCUT2D eigenvalue weighted by Gasteiger charge is 2.22. The molecule has 1 aliphatic heterocycles. The molecule has 0 bridgehead atoms. The summed E-state index contributed by atoms with van der Waals surface area (Å²) in [7, 11) is 0. The van der Waals surface area contributed by atoms with Crippen molar-refractivity contribution in [2.75, 3.05) is 36.4 Å². The second-order valence-electron chi connectivity index (χ2n) is 5.75. The molecule has 2 amide bonds. The SMILES string of the molecule is O=C(Nc1cccc2ccccc12)N1CCN(c2nccs2)CC1. The Balaban J connectivity index is 1.43. The van der Waals surface area contributed by atoms with Crippen LogP contribution in [-0.2, 0) is 0 Å². The Morgan fingerprint density at radius 3 is 2.62 bits per heavy atom. The Hall–Kier alpha value is -2.60. The van der Waals surface area contributed by atoms with Gasteiger partial charge in [0, 0.05) is 43.1 Å². The van der Waals surface area contributed by atoms with Crippen molar-refractivity contribution in [2.45, 2.75) is 0 Å². The summed E-state index contributed by atoms with van der Waals surface area (Å²) in [6.45, 7) is 3.04. The summed E-state index contributed by atoms with van der Waals surface area (Å²) < 4.78 is 0. The lowest BCUT2D eigenvalue weighted by atomic mass is 10.1. The number of carbonyl (C=O) groups is 1. The summed E-state index contributed by atoms with van der Waals surface area (Å²) in [5.41, 5.74) is 0.862. The number of benzene rings is 2. The first-order valence-corrected chi connectivity index (χ1v) is 8.87. The van der Waals surface area contributed by atoms with E-state index in [4.69, 9.17) is 0 Å². The quantitative estimate of drug-likeness (QED) is 0.776. The molecule has 0 saturated carbocycles. The van der Waals surface area contributed by atoms with E-state index in [-0.39, 0.29) is 6.03 Å². The van der Waals surface area contributed by atoms with Crippen LogP contribution in [0.2, 0.25) is 0 Å². The highest BCUT2D eigenvalue weighted by atomic mass is 32.1. The van der Waals surface area contributed by atoms with Crippen LogP contribution < -0.4 is 10.2 Å². The van der Waals surface area contributed by atoms with E-state index < -0.39 is 0 Å². The molecule has 1 aromatic heterocycles. The first kappa shape index (κ1) is 15.0. The minimum absolute atomic E-state index is 0.0369. The molecule has 1 fully saturated rings. The van der Waals surface area contributed by atoms with Crippen LogP contribution in [0.5, 0.6) is 0 Å². The number of amides is 2. The molecule has 2 heterocycles. The number of nitrogens with zero attached hydrogens (tertiary/aromatic N) is 3. The molecule has 1 saturated heterocycles. The molecule has 0 aliphatic carbocycles.